The Labute approximate surface area is 112 Å². The second-order valence-electron chi connectivity index (χ2n) is 6.01. The highest BCUT2D eigenvalue weighted by molar-refractivity contribution is 5.00. The van der Waals surface area contributed by atoms with Gasteiger partial charge in [-0.05, 0) is 70.4 Å². The summed E-state index contributed by atoms with van der Waals surface area (Å²) >= 11 is 0. The van der Waals surface area contributed by atoms with Crippen LogP contribution in [0.15, 0.2) is 12.2 Å². The average Bonchev–Trinajstić information content (AvgIpc) is 2.85. The summed E-state index contributed by atoms with van der Waals surface area (Å²) in [6.07, 6.45) is 5.60. The quantitative estimate of drug-likeness (QED) is 0.723. The molecule has 0 spiro atoms. The highest BCUT2D eigenvalue weighted by Gasteiger charge is 2.22. The molecule has 0 bridgehead atoms. The number of nitrogens with one attached hydrogen (secondary N) is 1. The van der Waals surface area contributed by atoms with Gasteiger partial charge in [0, 0.05) is 19.6 Å². The number of rotatable bonds is 6. The summed E-state index contributed by atoms with van der Waals surface area (Å²) < 4.78 is 0. The fourth-order valence-corrected chi connectivity index (χ4v) is 3.28. The molecule has 0 aromatic carbocycles. The predicted molar refractivity (Wildman–Crippen MR) is 77.9 cm³/mol. The van der Waals surface area contributed by atoms with Crippen LogP contribution in [0.5, 0.6) is 0 Å². The Morgan fingerprint density at radius 2 is 1.78 bits per heavy atom. The smallest absolute Gasteiger partial charge is 0.0202 e. The van der Waals surface area contributed by atoms with Crippen molar-refractivity contribution in [3.8, 4) is 0 Å². The first-order valence-electron chi connectivity index (χ1n) is 7.54. The van der Waals surface area contributed by atoms with Crippen molar-refractivity contribution in [2.75, 3.05) is 52.9 Å². The molecule has 0 unspecified atom stereocenters. The summed E-state index contributed by atoms with van der Waals surface area (Å²) in [5, 5.41) is 3.18. The molecule has 0 aliphatic carbocycles. The van der Waals surface area contributed by atoms with E-state index in [4.69, 9.17) is 0 Å². The van der Waals surface area contributed by atoms with Crippen LogP contribution >= 0.6 is 0 Å². The monoisotopic (exact) mass is 251 g/mol. The number of nitrogens with zero attached hydrogens (tertiary/aromatic N) is 2. The Kier molecular flexibility index (Phi) is 5.67. The molecule has 2 rings (SSSR count). The molecule has 104 valence electrons. The number of likely N-dealkylation sites (N-methyl/N-ethyl adjacent to an activating group) is 1. The van der Waals surface area contributed by atoms with E-state index >= 15 is 0 Å². The standard InChI is InChI=1S/C15H29N3/c1-14(11-16-2)12-18-9-5-15(6-10-18)13-17-7-3-4-8-17/h15-16H,1,3-13H2,2H3. The number of piperidine rings is 1. The Hall–Kier alpha value is -0.380. The maximum Gasteiger partial charge on any atom is 0.0202 e. The fourth-order valence-electron chi connectivity index (χ4n) is 3.28. The molecular weight excluding hydrogens is 222 g/mol. The Morgan fingerprint density at radius 3 is 2.39 bits per heavy atom. The third kappa shape index (κ3) is 4.38. The van der Waals surface area contributed by atoms with Crippen LogP contribution in [0, 0.1) is 5.92 Å². The molecule has 0 aromatic heterocycles. The van der Waals surface area contributed by atoms with Crippen LogP contribution in [0.4, 0.5) is 0 Å². The predicted octanol–water partition coefficient (Wildman–Crippen LogP) is 1.57. The van der Waals surface area contributed by atoms with Gasteiger partial charge in [0.05, 0.1) is 0 Å². The largest absolute Gasteiger partial charge is 0.316 e. The molecule has 2 heterocycles. The summed E-state index contributed by atoms with van der Waals surface area (Å²) in [6, 6.07) is 0. The lowest BCUT2D eigenvalue weighted by Crippen LogP contribution is -2.39. The normalized spacial score (nSPS) is 23.6. The SMILES string of the molecule is C=C(CNC)CN1CCC(CN2CCCC2)CC1. The van der Waals surface area contributed by atoms with Gasteiger partial charge in [0.2, 0.25) is 0 Å². The van der Waals surface area contributed by atoms with E-state index in [2.05, 4.69) is 21.7 Å². The van der Waals surface area contributed by atoms with Crippen molar-refractivity contribution in [2.45, 2.75) is 25.7 Å². The van der Waals surface area contributed by atoms with E-state index in [9.17, 15) is 0 Å². The van der Waals surface area contributed by atoms with Crippen molar-refractivity contribution in [1.82, 2.24) is 15.1 Å². The van der Waals surface area contributed by atoms with Crippen LogP contribution < -0.4 is 5.32 Å². The van der Waals surface area contributed by atoms with Crippen molar-refractivity contribution >= 4 is 0 Å². The van der Waals surface area contributed by atoms with E-state index in [-0.39, 0.29) is 0 Å². The lowest BCUT2D eigenvalue weighted by molar-refractivity contribution is 0.162. The Balaban J connectivity index is 1.63. The maximum atomic E-state index is 4.13. The summed E-state index contributed by atoms with van der Waals surface area (Å²) in [7, 11) is 1.99. The van der Waals surface area contributed by atoms with Crippen LogP contribution in [0.25, 0.3) is 0 Å². The molecule has 0 aromatic rings. The van der Waals surface area contributed by atoms with Gasteiger partial charge in [-0.25, -0.2) is 0 Å². The minimum absolute atomic E-state index is 0.942. The first-order valence-corrected chi connectivity index (χ1v) is 7.54. The second-order valence-corrected chi connectivity index (χ2v) is 6.01. The minimum Gasteiger partial charge on any atom is -0.316 e. The molecule has 3 heteroatoms. The lowest BCUT2D eigenvalue weighted by atomic mass is 9.96. The zero-order valence-corrected chi connectivity index (χ0v) is 12.0. The Morgan fingerprint density at radius 1 is 1.11 bits per heavy atom. The van der Waals surface area contributed by atoms with E-state index in [1.165, 1.54) is 64.0 Å². The summed E-state index contributed by atoms with van der Waals surface area (Å²) in [4.78, 5) is 5.24. The molecule has 0 atom stereocenters. The average molecular weight is 251 g/mol. The molecule has 2 aliphatic rings. The molecule has 0 radical (unpaired) electrons. The minimum atomic E-state index is 0.942. The van der Waals surface area contributed by atoms with Crippen LogP contribution in [-0.4, -0.2) is 62.7 Å². The molecule has 2 saturated heterocycles. The molecule has 2 aliphatic heterocycles. The van der Waals surface area contributed by atoms with Gasteiger partial charge in [0.15, 0.2) is 0 Å². The van der Waals surface area contributed by atoms with Gasteiger partial charge in [-0.3, -0.25) is 4.90 Å². The first-order chi connectivity index (χ1) is 8.78. The van der Waals surface area contributed by atoms with Crippen LogP contribution in [0.1, 0.15) is 25.7 Å². The van der Waals surface area contributed by atoms with E-state index in [1.807, 2.05) is 7.05 Å². The first kappa shape index (κ1) is 14.0. The van der Waals surface area contributed by atoms with Crippen molar-refractivity contribution in [1.29, 1.82) is 0 Å². The molecule has 0 saturated carbocycles. The zero-order chi connectivity index (χ0) is 12.8. The highest BCUT2D eigenvalue weighted by Crippen LogP contribution is 2.20. The molecule has 3 nitrogen and oxygen atoms in total. The van der Waals surface area contributed by atoms with Gasteiger partial charge in [-0.1, -0.05) is 6.58 Å². The van der Waals surface area contributed by atoms with Gasteiger partial charge in [-0.2, -0.15) is 0 Å². The fraction of sp³-hybridized carbons (Fsp3) is 0.867. The third-order valence-electron chi connectivity index (χ3n) is 4.30. The summed E-state index contributed by atoms with van der Waals surface area (Å²) in [5.74, 6) is 0.942. The van der Waals surface area contributed by atoms with Crippen molar-refractivity contribution in [3.63, 3.8) is 0 Å². The Bertz CT molecular complexity index is 250. The van der Waals surface area contributed by atoms with Crippen LogP contribution in [0.2, 0.25) is 0 Å². The molecule has 18 heavy (non-hydrogen) atoms. The number of likely N-dealkylation sites (tertiary alicyclic amines) is 2. The van der Waals surface area contributed by atoms with Gasteiger partial charge in [0.1, 0.15) is 0 Å². The zero-order valence-electron chi connectivity index (χ0n) is 12.0. The van der Waals surface area contributed by atoms with E-state index in [0.717, 1.165) is 19.0 Å². The van der Waals surface area contributed by atoms with Crippen molar-refractivity contribution < 1.29 is 0 Å². The summed E-state index contributed by atoms with van der Waals surface area (Å²) in [6.45, 7) is 12.7. The van der Waals surface area contributed by atoms with Crippen LogP contribution in [-0.2, 0) is 0 Å². The van der Waals surface area contributed by atoms with Gasteiger partial charge < -0.3 is 10.2 Å². The maximum absolute atomic E-state index is 4.13. The van der Waals surface area contributed by atoms with Crippen molar-refractivity contribution in [2.24, 2.45) is 5.92 Å². The topological polar surface area (TPSA) is 18.5 Å². The highest BCUT2D eigenvalue weighted by atomic mass is 15.2. The second kappa shape index (κ2) is 7.27. The van der Waals surface area contributed by atoms with Gasteiger partial charge in [0.25, 0.3) is 0 Å². The molecular formula is C15H29N3. The van der Waals surface area contributed by atoms with E-state index in [1.54, 1.807) is 0 Å². The summed E-state index contributed by atoms with van der Waals surface area (Å²) in [5.41, 5.74) is 1.32. The third-order valence-corrected chi connectivity index (χ3v) is 4.30. The number of hydrogen-bond donors (Lipinski definition) is 1. The van der Waals surface area contributed by atoms with Crippen molar-refractivity contribution in [3.05, 3.63) is 12.2 Å². The number of hydrogen-bond acceptors (Lipinski definition) is 3. The van der Waals surface area contributed by atoms with Crippen LogP contribution in [0.3, 0.4) is 0 Å². The van der Waals surface area contributed by atoms with Gasteiger partial charge >= 0.3 is 0 Å². The van der Waals surface area contributed by atoms with Gasteiger partial charge in [-0.15, -0.1) is 0 Å². The molecule has 0 amide bonds. The molecule has 1 N–H and O–H groups in total. The lowest BCUT2D eigenvalue weighted by Gasteiger charge is -2.34. The van der Waals surface area contributed by atoms with E-state index < -0.39 is 0 Å². The van der Waals surface area contributed by atoms with E-state index in [0.29, 0.717) is 0 Å². The molecule has 2 fully saturated rings.